The van der Waals surface area contributed by atoms with E-state index in [0.29, 0.717) is 34.2 Å². The van der Waals surface area contributed by atoms with Gasteiger partial charge in [-0.05, 0) is 31.0 Å². The Balaban J connectivity index is 1.90. The van der Waals surface area contributed by atoms with Gasteiger partial charge < -0.3 is 15.0 Å². The fourth-order valence-corrected chi connectivity index (χ4v) is 2.56. The molecule has 24 heavy (non-hydrogen) atoms. The number of aliphatic hydroxyl groups excluding tert-OH is 1. The standard InChI is InChI=1S/C17H17N5O2/c1-22-9-19-14-6-13(10-2-3-12(8-23)18-7-10)21-16(15(14)17(22)24)20-11-4-5-11/h2-3,6-7,9,11,23H,4-5,8H2,1H3,(H,20,21). The molecule has 0 radical (unpaired) electrons. The number of aromatic nitrogens is 4. The Hall–Kier alpha value is -2.80. The molecule has 0 aromatic carbocycles. The van der Waals surface area contributed by atoms with Gasteiger partial charge >= 0.3 is 0 Å². The SMILES string of the molecule is Cn1cnc2cc(-c3ccc(CO)nc3)nc(NC3CC3)c2c1=O. The highest BCUT2D eigenvalue weighted by atomic mass is 16.3. The molecule has 7 heteroatoms. The third-order valence-corrected chi connectivity index (χ3v) is 4.10. The highest BCUT2D eigenvalue weighted by Gasteiger charge is 2.24. The molecule has 3 aromatic heterocycles. The quantitative estimate of drug-likeness (QED) is 0.755. The first-order chi connectivity index (χ1) is 11.7. The van der Waals surface area contributed by atoms with Gasteiger partial charge in [-0.25, -0.2) is 9.97 Å². The van der Waals surface area contributed by atoms with Crippen molar-refractivity contribution in [3.8, 4) is 11.3 Å². The first-order valence-corrected chi connectivity index (χ1v) is 7.85. The van der Waals surface area contributed by atoms with Gasteiger partial charge in [0.25, 0.3) is 5.56 Å². The molecule has 0 amide bonds. The highest BCUT2D eigenvalue weighted by Crippen LogP contribution is 2.29. The van der Waals surface area contributed by atoms with E-state index in [1.165, 1.54) is 10.9 Å². The number of hydrogen-bond acceptors (Lipinski definition) is 6. The largest absolute Gasteiger partial charge is 0.390 e. The van der Waals surface area contributed by atoms with Crippen molar-refractivity contribution in [2.75, 3.05) is 5.32 Å². The maximum Gasteiger partial charge on any atom is 0.264 e. The van der Waals surface area contributed by atoms with Gasteiger partial charge in [-0.3, -0.25) is 9.78 Å². The Morgan fingerprint density at radius 1 is 1.33 bits per heavy atom. The molecule has 4 rings (SSSR count). The van der Waals surface area contributed by atoms with E-state index in [-0.39, 0.29) is 12.2 Å². The minimum absolute atomic E-state index is 0.0997. The summed E-state index contributed by atoms with van der Waals surface area (Å²) >= 11 is 0. The summed E-state index contributed by atoms with van der Waals surface area (Å²) in [5.41, 5.74) is 2.61. The molecule has 0 spiro atoms. The average Bonchev–Trinajstić information content (AvgIpc) is 3.42. The fourth-order valence-electron chi connectivity index (χ4n) is 2.56. The molecular weight excluding hydrogens is 306 g/mol. The maximum atomic E-state index is 12.5. The van der Waals surface area contributed by atoms with Gasteiger partial charge in [0.1, 0.15) is 11.2 Å². The Bertz CT molecular complexity index is 961. The van der Waals surface area contributed by atoms with Crippen molar-refractivity contribution in [2.24, 2.45) is 7.05 Å². The zero-order valence-corrected chi connectivity index (χ0v) is 13.2. The second-order valence-corrected chi connectivity index (χ2v) is 6.03. The first-order valence-electron chi connectivity index (χ1n) is 7.85. The number of aryl methyl sites for hydroxylation is 1. The number of hydrogen-bond donors (Lipinski definition) is 2. The topological polar surface area (TPSA) is 92.9 Å². The van der Waals surface area contributed by atoms with E-state index >= 15 is 0 Å². The predicted octanol–water partition coefficient (Wildman–Crippen LogP) is 1.46. The van der Waals surface area contributed by atoms with Crippen molar-refractivity contribution in [3.05, 3.63) is 46.8 Å². The van der Waals surface area contributed by atoms with E-state index in [0.717, 1.165) is 18.4 Å². The lowest BCUT2D eigenvalue weighted by Crippen LogP contribution is -2.19. The van der Waals surface area contributed by atoms with Crippen LogP contribution in [-0.2, 0) is 13.7 Å². The van der Waals surface area contributed by atoms with E-state index < -0.39 is 0 Å². The summed E-state index contributed by atoms with van der Waals surface area (Å²) in [5, 5.41) is 13.0. The van der Waals surface area contributed by atoms with Crippen molar-refractivity contribution in [3.63, 3.8) is 0 Å². The Morgan fingerprint density at radius 2 is 2.17 bits per heavy atom. The van der Waals surface area contributed by atoms with E-state index in [4.69, 9.17) is 5.11 Å². The highest BCUT2D eigenvalue weighted by molar-refractivity contribution is 5.91. The summed E-state index contributed by atoms with van der Waals surface area (Å²) in [6.07, 6.45) is 5.35. The summed E-state index contributed by atoms with van der Waals surface area (Å²) in [4.78, 5) is 25.7. The van der Waals surface area contributed by atoms with Gasteiger partial charge in [0, 0.05) is 24.8 Å². The monoisotopic (exact) mass is 323 g/mol. The summed E-state index contributed by atoms with van der Waals surface area (Å²) in [6, 6.07) is 5.78. The molecule has 1 fully saturated rings. The average molecular weight is 323 g/mol. The van der Waals surface area contributed by atoms with Gasteiger partial charge in [-0.2, -0.15) is 0 Å². The summed E-state index contributed by atoms with van der Waals surface area (Å²) < 4.78 is 1.46. The molecule has 0 bridgehead atoms. The van der Waals surface area contributed by atoms with Gasteiger partial charge in [0.2, 0.25) is 0 Å². The second-order valence-electron chi connectivity index (χ2n) is 6.03. The molecule has 122 valence electrons. The molecule has 3 aromatic rings. The van der Waals surface area contributed by atoms with Crippen LogP contribution in [0.25, 0.3) is 22.2 Å². The maximum absolute atomic E-state index is 12.5. The number of rotatable bonds is 4. The molecular formula is C17H17N5O2. The predicted molar refractivity (Wildman–Crippen MR) is 90.6 cm³/mol. The van der Waals surface area contributed by atoms with Crippen LogP contribution in [0.5, 0.6) is 0 Å². The van der Waals surface area contributed by atoms with Crippen LogP contribution in [0.2, 0.25) is 0 Å². The number of nitrogens with zero attached hydrogens (tertiary/aromatic N) is 4. The normalized spacial score (nSPS) is 14.1. The molecule has 1 aliphatic rings. The minimum atomic E-state index is -0.115. The van der Waals surface area contributed by atoms with Crippen molar-refractivity contribution >= 4 is 16.7 Å². The molecule has 0 unspecified atom stereocenters. The van der Waals surface area contributed by atoms with Crippen molar-refractivity contribution in [1.29, 1.82) is 0 Å². The molecule has 1 aliphatic carbocycles. The first kappa shape index (κ1) is 14.8. The van der Waals surface area contributed by atoms with E-state index in [9.17, 15) is 4.79 Å². The lowest BCUT2D eigenvalue weighted by atomic mass is 10.1. The van der Waals surface area contributed by atoms with Crippen LogP contribution in [-0.4, -0.2) is 30.7 Å². The number of anilines is 1. The zero-order valence-electron chi connectivity index (χ0n) is 13.2. The fraction of sp³-hybridized carbons (Fsp3) is 0.294. The van der Waals surface area contributed by atoms with Crippen molar-refractivity contribution in [1.82, 2.24) is 19.5 Å². The van der Waals surface area contributed by atoms with Gasteiger partial charge in [-0.15, -0.1) is 0 Å². The number of nitrogens with one attached hydrogen (secondary N) is 1. The van der Waals surface area contributed by atoms with Gasteiger partial charge in [0.15, 0.2) is 0 Å². The molecule has 2 N–H and O–H groups in total. The summed E-state index contributed by atoms with van der Waals surface area (Å²) in [6.45, 7) is -0.0997. The summed E-state index contributed by atoms with van der Waals surface area (Å²) in [5.74, 6) is 0.574. The van der Waals surface area contributed by atoms with Gasteiger partial charge in [-0.1, -0.05) is 0 Å². The second kappa shape index (κ2) is 5.68. The number of fused-ring (bicyclic) bond motifs is 1. The third-order valence-electron chi connectivity index (χ3n) is 4.10. The van der Waals surface area contributed by atoms with Crippen molar-refractivity contribution < 1.29 is 5.11 Å². The molecule has 1 saturated carbocycles. The lowest BCUT2D eigenvalue weighted by Gasteiger charge is -2.11. The molecule has 0 aliphatic heterocycles. The van der Waals surface area contributed by atoms with Crippen LogP contribution < -0.4 is 10.9 Å². The molecule has 3 heterocycles. The minimum Gasteiger partial charge on any atom is -0.390 e. The van der Waals surface area contributed by atoms with Crippen LogP contribution in [0.1, 0.15) is 18.5 Å². The van der Waals surface area contributed by atoms with Crippen LogP contribution in [0.15, 0.2) is 35.5 Å². The molecule has 0 saturated heterocycles. The van der Waals surface area contributed by atoms with E-state index in [1.54, 1.807) is 25.4 Å². The summed E-state index contributed by atoms with van der Waals surface area (Å²) in [7, 11) is 1.68. The van der Waals surface area contributed by atoms with E-state index in [2.05, 4.69) is 20.3 Å². The number of pyridine rings is 2. The zero-order chi connectivity index (χ0) is 16.7. The Kier molecular flexibility index (Phi) is 3.50. The van der Waals surface area contributed by atoms with E-state index in [1.807, 2.05) is 6.07 Å². The van der Waals surface area contributed by atoms with Crippen molar-refractivity contribution in [2.45, 2.75) is 25.5 Å². The lowest BCUT2D eigenvalue weighted by molar-refractivity contribution is 0.277. The smallest absolute Gasteiger partial charge is 0.264 e. The Labute approximate surface area is 138 Å². The van der Waals surface area contributed by atoms with Crippen LogP contribution in [0, 0.1) is 0 Å². The van der Waals surface area contributed by atoms with Crippen LogP contribution in [0.4, 0.5) is 5.82 Å². The number of aliphatic hydroxyl groups is 1. The third kappa shape index (κ3) is 2.63. The molecule has 0 atom stereocenters. The van der Waals surface area contributed by atoms with Crippen LogP contribution in [0.3, 0.4) is 0 Å². The molecule has 7 nitrogen and oxygen atoms in total. The van der Waals surface area contributed by atoms with Gasteiger partial charge in [0.05, 0.1) is 29.8 Å². The Morgan fingerprint density at radius 3 is 2.83 bits per heavy atom. The van der Waals surface area contributed by atoms with Crippen LogP contribution >= 0.6 is 0 Å².